The second kappa shape index (κ2) is 2.81. The van der Waals surface area contributed by atoms with Crippen LogP contribution in [-0.2, 0) is 0 Å². The van der Waals surface area contributed by atoms with Crippen molar-refractivity contribution < 1.29 is 4.79 Å². The number of Topliss-reactive ketones (excluding diaryl/α,β-unsaturated/α-hetero) is 1. The minimum Gasteiger partial charge on any atom is -0.293 e. The van der Waals surface area contributed by atoms with Crippen molar-refractivity contribution in [1.82, 2.24) is 14.4 Å². The normalized spacial score (nSPS) is 10.6. The van der Waals surface area contributed by atoms with Gasteiger partial charge in [-0.05, 0) is 0 Å². The van der Waals surface area contributed by atoms with E-state index in [0.717, 1.165) is 0 Å². The SMILES string of the molecule is CC(=O)c1cnc2cnc(Cl)cn12. The van der Waals surface area contributed by atoms with Gasteiger partial charge < -0.3 is 0 Å². The number of imidazole rings is 1. The van der Waals surface area contributed by atoms with Crippen LogP contribution in [0.15, 0.2) is 18.6 Å². The van der Waals surface area contributed by atoms with Gasteiger partial charge in [-0.15, -0.1) is 0 Å². The lowest BCUT2D eigenvalue weighted by atomic mass is 10.3. The molecule has 0 bridgehead atoms. The first-order chi connectivity index (χ1) is 6.18. The standard InChI is InChI=1S/C8H6ClN3O/c1-5(13)6-2-11-8-3-10-7(9)4-12(6)8/h2-4H,1H3. The number of hydrogen-bond acceptors (Lipinski definition) is 3. The van der Waals surface area contributed by atoms with Crippen molar-refractivity contribution in [3.05, 3.63) is 29.4 Å². The number of ketones is 1. The minimum atomic E-state index is -0.0465. The molecule has 0 saturated carbocycles. The first-order valence-electron chi connectivity index (χ1n) is 3.68. The highest BCUT2D eigenvalue weighted by Crippen LogP contribution is 2.09. The summed E-state index contributed by atoms with van der Waals surface area (Å²) in [5.74, 6) is -0.0465. The van der Waals surface area contributed by atoms with E-state index in [-0.39, 0.29) is 5.78 Å². The third kappa shape index (κ3) is 1.29. The van der Waals surface area contributed by atoms with E-state index in [0.29, 0.717) is 16.5 Å². The molecule has 5 heteroatoms. The molecule has 0 atom stereocenters. The van der Waals surface area contributed by atoms with Crippen molar-refractivity contribution in [3.8, 4) is 0 Å². The van der Waals surface area contributed by atoms with E-state index >= 15 is 0 Å². The number of hydrogen-bond donors (Lipinski definition) is 0. The number of rotatable bonds is 1. The van der Waals surface area contributed by atoms with Crippen LogP contribution in [0.4, 0.5) is 0 Å². The molecule has 13 heavy (non-hydrogen) atoms. The van der Waals surface area contributed by atoms with Gasteiger partial charge in [-0.1, -0.05) is 11.6 Å². The molecule has 66 valence electrons. The molecule has 0 saturated heterocycles. The van der Waals surface area contributed by atoms with Crippen molar-refractivity contribution in [1.29, 1.82) is 0 Å². The van der Waals surface area contributed by atoms with Crippen LogP contribution in [0.1, 0.15) is 17.4 Å². The highest BCUT2D eigenvalue weighted by Gasteiger charge is 2.07. The summed E-state index contributed by atoms with van der Waals surface area (Å²) in [7, 11) is 0. The molecular formula is C8H6ClN3O. The Morgan fingerprint density at radius 2 is 2.23 bits per heavy atom. The largest absolute Gasteiger partial charge is 0.293 e. The number of fused-ring (bicyclic) bond motifs is 1. The average molecular weight is 196 g/mol. The summed E-state index contributed by atoms with van der Waals surface area (Å²) < 4.78 is 1.62. The molecule has 0 aliphatic rings. The molecule has 0 spiro atoms. The first kappa shape index (κ1) is 8.19. The zero-order valence-corrected chi connectivity index (χ0v) is 7.62. The second-order valence-electron chi connectivity index (χ2n) is 2.64. The van der Waals surface area contributed by atoms with E-state index in [1.807, 2.05) is 0 Å². The van der Waals surface area contributed by atoms with Gasteiger partial charge in [0.05, 0.1) is 12.4 Å². The maximum Gasteiger partial charge on any atom is 0.178 e. The molecule has 0 fully saturated rings. The first-order valence-corrected chi connectivity index (χ1v) is 4.06. The number of carbonyl (C=O) groups excluding carboxylic acids is 1. The van der Waals surface area contributed by atoms with E-state index in [9.17, 15) is 4.79 Å². The Morgan fingerprint density at radius 3 is 2.92 bits per heavy atom. The molecule has 0 unspecified atom stereocenters. The Kier molecular flexibility index (Phi) is 1.77. The van der Waals surface area contributed by atoms with Crippen LogP contribution >= 0.6 is 11.6 Å². The summed E-state index contributed by atoms with van der Waals surface area (Å²) in [6.07, 6.45) is 4.60. The molecular weight excluding hydrogens is 190 g/mol. The fourth-order valence-corrected chi connectivity index (χ4v) is 1.27. The lowest BCUT2D eigenvalue weighted by Gasteiger charge is -1.96. The monoisotopic (exact) mass is 195 g/mol. The number of halogens is 1. The van der Waals surface area contributed by atoms with Crippen LogP contribution in [0.2, 0.25) is 5.15 Å². The van der Waals surface area contributed by atoms with E-state index in [4.69, 9.17) is 11.6 Å². The van der Waals surface area contributed by atoms with E-state index in [1.165, 1.54) is 19.3 Å². The molecule has 0 aliphatic heterocycles. The summed E-state index contributed by atoms with van der Waals surface area (Å²) >= 11 is 5.68. The van der Waals surface area contributed by atoms with Crippen molar-refractivity contribution >= 4 is 23.0 Å². The maximum atomic E-state index is 11.1. The molecule has 2 aromatic heterocycles. The summed E-state index contributed by atoms with van der Waals surface area (Å²) in [4.78, 5) is 19.0. The zero-order chi connectivity index (χ0) is 9.42. The van der Waals surface area contributed by atoms with Gasteiger partial charge in [0.2, 0.25) is 0 Å². The van der Waals surface area contributed by atoms with Gasteiger partial charge in [-0.25, -0.2) is 9.97 Å². The molecule has 0 N–H and O–H groups in total. The fourth-order valence-electron chi connectivity index (χ4n) is 1.13. The lowest BCUT2D eigenvalue weighted by molar-refractivity contribution is 0.101. The van der Waals surface area contributed by atoms with Crippen molar-refractivity contribution in [2.45, 2.75) is 6.92 Å². The van der Waals surface area contributed by atoms with Crippen LogP contribution in [0.3, 0.4) is 0 Å². The van der Waals surface area contributed by atoms with Crippen LogP contribution in [0.25, 0.3) is 5.65 Å². The molecule has 0 amide bonds. The van der Waals surface area contributed by atoms with Gasteiger partial charge in [0, 0.05) is 13.1 Å². The summed E-state index contributed by atoms with van der Waals surface area (Å²) in [5, 5.41) is 0.341. The van der Waals surface area contributed by atoms with Crippen molar-refractivity contribution in [2.24, 2.45) is 0 Å². The van der Waals surface area contributed by atoms with Crippen LogP contribution < -0.4 is 0 Å². The summed E-state index contributed by atoms with van der Waals surface area (Å²) in [6, 6.07) is 0. The number of aromatic nitrogens is 3. The molecule has 4 nitrogen and oxygen atoms in total. The molecule has 0 radical (unpaired) electrons. The van der Waals surface area contributed by atoms with Crippen LogP contribution in [0, 0.1) is 0 Å². The molecule has 2 rings (SSSR count). The van der Waals surface area contributed by atoms with Gasteiger partial charge >= 0.3 is 0 Å². The smallest absolute Gasteiger partial charge is 0.178 e. The Bertz CT molecular complexity index is 477. The average Bonchev–Trinajstić information content (AvgIpc) is 2.46. The molecule has 2 heterocycles. The van der Waals surface area contributed by atoms with Gasteiger partial charge in [0.25, 0.3) is 0 Å². The van der Waals surface area contributed by atoms with Crippen LogP contribution in [0.5, 0.6) is 0 Å². The zero-order valence-electron chi connectivity index (χ0n) is 6.86. The van der Waals surface area contributed by atoms with Crippen molar-refractivity contribution in [3.63, 3.8) is 0 Å². The maximum absolute atomic E-state index is 11.1. The quantitative estimate of drug-likeness (QED) is 0.650. The predicted octanol–water partition coefficient (Wildman–Crippen LogP) is 1.59. The van der Waals surface area contributed by atoms with Gasteiger partial charge in [0.1, 0.15) is 10.8 Å². The molecule has 0 aliphatic carbocycles. The topological polar surface area (TPSA) is 47.3 Å². The van der Waals surface area contributed by atoms with Gasteiger partial charge in [-0.2, -0.15) is 0 Å². The van der Waals surface area contributed by atoms with Crippen LogP contribution in [-0.4, -0.2) is 20.2 Å². The summed E-state index contributed by atoms with van der Waals surface area (Å²) in [5.41, 5.74) is 1.13. The third-order valence-electron chi connectivity index (χ3n) is 1.73. The third-order valence-corrected chi connectivity index (χ3v) is 1.92. The van der Waals surface area contributed by atoms with E-state index in [1.54, 1.807) is 10.6 Å². The highest BCUT2D eigenvalue weighted by molar-refractivity contribution is 6.29. The van der Waals surface area contributed by atoms with E-state index < -0.39 is 0 Å². The lowest BCUT2D eigenvalue weighted by Crippen LogP contribution is -1.98. The fraction of sp³-hybridized carbons (Fsp3) is 0.125. The van der Waals surface area contributed by atoms with Gasteiger partial charge in [0.15, 0.2) is 11.4 Å². The second-order valence-corrected chi connectivity index (χ2v) is 3.03. The summed E-state index contributed by atoms with van der Waals surface area (Å²) in [6.45, 7) is 1.48. The highest BCUT2D eigenvalue weighted by atomic mass is 35.5. The Hall–Kier alpha value is -1.42. The molecule has 2 aromatic rings. The Balaban J connectivity index is 2.79. The molecule has 0 aromatic carbocycles. The Labute approximate surface area is 79.2 Å². The predicted molar refractivity (Wildman–Crippen MR) is 48.0 cm³/mol. The number of carbonyl (C=O) groups is 1. The Morgan fingerprint density at radius 1 is 1.46 bits per heavy atom. The van der Waals surface area contributed by atoms with E-state index in [2.05, 4.69) is 9.97 Å². The van der Waals surface area contributed by atoms with Gasteiger partial charge in [-0.3, -0.25) is 9.20 Å². The number of nitrogens with zero attached hydrogens (tertiary/aromatic N) is 3. The minimum absolute atomic E-state index is 0.0465. The van der Waals surface area contributed by atoms with Crippen molar-refractivity contribution in [2.75, 3.05) is 0 Å².